The predicted octanol–water partition coefficient (Wildman–Crippen LogP) is 5.07. The highest BCUT2D eigenvalue weighted by Crippen LogP contribution is 2.35. The van der Waals surface area contributed by atoms with Crippen molar-refractivity contribution in [3.05, 3.63) is 115 Å². The molecule has 0 saturated heterocycles. The highest BCUT2D eigenvalue weighted by atomic mass is 32.1. The van der Waals surface area contributed by atoms with E-state index in [1.165, 1.54) is 23.5 Å². The van der Waals surface area contributed by atoms with E-state index in [1.807, 2.05) is 49.4 Å². The van der Waals surface area contributed by atoms with Gasteiger partial charge in [-0.25, -0.2) is 9.38 Å². The molecule has 5 aromatic rings. The van der Waals surface area contributed by atoms with Crippen molar-refractivity contribution in [1.29, 1.82) is 0 Å². The predicted molar refractivity (Wildman–Crippen MR) is 145 cm³/mol. The minimum absolute atomic E-state index is 0.0257. The first-order chi connectivity index (χ1) is 18.0. The van der Waals surface area contributed by atoms with Crippen molar-refractivity contribution < 1.29 is 14.4 Å². The lowest BCUT2D eigenvalue weighted by Gasteiger charge is -2.17. The molecule has 0 spiro atoms. The zero-order chi connectivity index (χ0) is 25.9. The van der Waals surface area contributed by atoms with Crippen molar-refractivity contribution >= 4 is 39.1 Å². The minimum Gasteiger partial charge on any atom is -0.490 e. The van der Waals surface area contributed by atoms with Crippen LogP contribution in [0.4, 0.5) is 5.69 Å². The van der Waals surface area contributed by atoms with E-state index in [4.69, 9.17) is 9.47 Å². The molecule has 0 saturated carbocycles. The third-order valence-corrected chi connectivity index (χ3v) is 6.76. The summed E-state index contributed by atoms with van der Waals surface area (Å²) in [6, 6.07) is 17.6. The highest BCUT2D eigenvalue weighted by Gasteiger charge is 2.15. The summed E-state index contributed by atoms with van der Waals surface area (Å²) in [6.45, 7) is 6.39. The van der Waals surface area contributed by atoms with E-state index >= 15 is 0 Å². The highest BCUT2D eigenvalue weighted by molar-refractivity contribution is 7.15. The summed E-state index contributed by atoms with van der Waals surface area (Å²) in [4.78, 5) is 28.9. The first-order valence-electron chi connectivity index (χ1n) is 11.7. The molecule has 2 heterocycles. The van der Waals surface area contributed by atoms with Crippen LogP contribution in [-0.4, -0.2) is 20.9 Å². The monoisotopic (exact) mass is 513 g/mol. The minimum atomic E-state index is -0.434. The molecule has 0 fully saturated rings. The average Bonchev–Trinajstić information content (AvgIpc) is 3.40. The Morgan fingerprint density at radius 3 is 2.65 bits per heavy atom. The summed E-state index contributed by atoms with van der Waals surface area (Å²) >= 11 is 1.34. The normalized spacial score (nSPS) is 11.8. The molecule has 0 aliphatic rings. The zero-order valence-corrected chi connectivity index (χ0v) is 20.9. The number of para-hydroxylation sites is 2. The van der Waals surface area contributed by atoms with Gasteiger partial charge in [0.2, 0.25) is 0 Å². The summed E-state index contributed by atoms with van der Waals surface area (Å²) in [6.07, 6.45) is 4.14. The van der Waals surface area contributed by atoms with Crippen LogP contribution in [0.15, 0.2) is 78.1 Å². The maximum Gasteiger partial charge on any atom is 0.274 e. The van der Waals surface area contributed by atoms with Crippen LogP contribution < -0.4 is 19.6 Å². The van der Waals surface area contributed by atoms with Crippen LogP contribution in [0.2, 0.25) is 0 Å². The van der Waals surface area contributed by atoms with Gasteiger partial charge in [0.1, 0.15) is 6.61 Å². The summed E-state index contributed by atoms with van der Waals surface area (Å²) in [5.74, 6) is 1.13. The smallest absolute Gasteiger partial charge is 0.274 e. The number of nitrogens with zero attached hydrogens (tertiary/aromatic N) is 3. The number of fused-ring (bicyclic) bond motifs is 3. The molecule has 0 radical (unpaired) electrons. The van der Waals surface area contributed by atoms with Gasteiger partial charge < -0.3 is 9.47 Å². The van der Waals surface area contributed by atoms with Crippen LogP contribution in [0.3, 0.4) is 0 Å². The van der Waals surface area contributed by atoms with Crippen molar-refractivity contribution in [1.82, 2.24) is 9.38 Å². The Balaban J connectivity index is 1.53. The van der Waals surface area contributed by atoms with E-state index in [1.54, 1.807) is 22.6 Å². The fourth-order valence-electron chi connectivity index (χ4n) is 4.13. The number of non-ortho nitro benzene ring substituents is 1. The largest absolute Gasteiger partial charge is 0.490 e. The molecule has 5 rings (SSSR count). The first kappa shape index (κ1) is 24.2. The molecule has 0 N–H and O–H groups in total. The molecule has 0 bridgehead atoms. The Labute approximate surface area is 215 Å². The number of thiazole rings is 1. The number of hydrogen-bond donors (Lipinski definition) is 0. The maximum atomic E-state index is 13.2. The number of ether oxygens (including phenoxy) is 2. The molecule has 2 aromatic heterocycles. The number of nitro benzene ring substituents is 1. The zero-order valence-electron chi connectivity index (χ0n) is 20.0. The number of aromatic nitrogens is 2. The summed E-state index contributed by atoms with van der Waals surface area (Å²) in [7, 11) is 0. The quantitative estimate of drug-likeness (QED) is 0.155. The lowest BCUT2D eigenvalue weighted by Crippen LogP contribution is -2.22. The van der Waals surface area contributed by atoms with Crippen LogP contribution >= 0.6 is 11.3 Å². The molecule has 186 valence electrons. The van der Waals surface area contributed by atoms with Gasteiger partial charge in [-0.3, -0.25) is 14.9 Å². The van der Waals surface area contributed by atoms with Gasteiger partial charge >= 0.3 is 0 Å². The first-order valence-corrected chi connectivity index (χ1v) is 12.5. The van der Waals surface area contributed by atoms with Gasteiger partial charge in [-0.05, 0) is 66.9 Å². The fourth-order valence-corrected chi connectivity index (χ4v) is 5.12. The third kappa shape index (κ3) is 4.81. The molecule has 0 atom stereocenters. The fraction of sp³-hybridized carbons (Fsp3) is 0.143. The average molecular weight is 514 g/mol. The SMILES string of the molecule is C=CCc1cc(/C=c2\sc3nc4ccccc4n3c2=O)cc(OCC)c1OCc1ccc([N+](=O)[O-])cc1. The molecule has 0 amide bonds. The molecule has 0 aliphatic carbocycles. The molecule has 0 unspecified atom stereocenters. The van der Waals surface area contributed by atoms with Gasteiger partial charge in [0.15, 0.2) is 16.5 Å². The van der Waals surface area contributed by atoms with Crippen molar-refractivity contribution in [2.75, 3.05) is 6.61 Å². The Hall–Kier alpha value is -4.50. The molecule has 3 aromatic carbocycles. The molecule has 9 heteroatoms. The van der Waals surface area contributed by atoms with Crippen LogP contribution in [0.1, 0.15) is 23.6 Å². The van der Waals surface area contributed by atoms with Gasteiger partial charge in [-0.2, -0.15) is 0 Å². The number of nitro groups is 1. The van der Waals surface area contributed by atoms with E-state index in [-0.39, 0.29) is 17.9 Å². The van der Waals surface area contributed by atoms with E-state index in [0.29, 0.717) is 34.0 Å². The number of allylic oxidation sites excluding steroid dienone is 1. The maximum absolute atomic E-state index is 13.2. The van der Waals surface area contributed by atoms with E-state index in [9.17, 15) is 14.9 Å². The van der Waals surface area contributed by atoms with Gasteiger partial charge in [0.25, 0.3) is 11.2 Å². The van der Waals surface area contributed by atoms with E-state index in [2.05, 4.69) is 11.6 Å². The Bertz CT molecular complexity index is 1740. The van der Waals surface area contributed by atoms with Gasteiger partial charge in [-0.1, -0.05) is 29.5 Å². The standard InChI is InChI=1S/C28H23N3O5S/c1-3-7-20-14-19(16-25-27(32)30-23-9-6-5-8-22(23)29-28(30)37-25)15-24(35-4-2)26(20)36-17-18-10-12-21(13-11-18)31(33)34/h3,5-6,8-16H,1,4,7,17H2,2H3/b25-16-. The van der Waals surface area contributed by atoms with Gasteiger partial charge in [0, 0.05) is 17.7 Å². The molecule has 0 aliphatic heterocycles. The van der Waals surface area contributed by atoms with Crippen LogP contribution in [0, 0.1) is 10.1 Å². The van der Waals surface area contributed by atoms with Crippen LogP contribution in [0.25, 0.3) is 22.1 Å². The van der Waals surface area contributed by atoms with Crippen molar-refractivity contribution in [2.24, 2.45) is 0 Å². The number of hydrogen-bond acceptors (Lipinski definition) is 7. The van der Waals surface area contributed by atoms with E-state index in [0.717, 1.165) is 27.7 Å². The molecule has 37 heavy (non-hydrogen) atoms. The number of benzene rings is 3. The van der Waals surface area contributed by atoms with Gasteiger partial charge in [-0.15, -0.1) is 6.58 Å². The third-order valence-electron chi connectivity index (χ3n) is 5.79. The van der Waals surface area contributed by atoms with Crippen molar-refractivity contribution in [3.8, 4) is 11.5 Å². The summed E-state index contributed by atoms with van der Waals surface area (Å²) in [5.41, 5.74) is 3.93. The second-order valence-corrected chi connectivity index (χ2v) is 9.29. The lowest BCUT2D eigenvalue weighted by atomic mass is 10.1. The Morgan fingerprint density at radius 2 is 1.92 bits per heavy atom. The summed E-state index contributed by atoms with van der Waals surface area (Å²) < 4.78 is 14.3. The van der Waals surface area contributed by atoms with Crippen molar-refractivity contribution in [3.63, 3.8) is 0 Å². The van der Waals surface area contributed by atoms with E-state index < -0.39 is 4.92 Å². The van der Waals surface area contributed by atoms with Crippen LogP contribution in [-0.2, 0) is 13.0 Å². The van der Waals surface area contributed by atoms with Gasteiger partial charge in [0.05, 0.1) is 27.1 Å². The second-order valence-electron chi connectivity index (χ2n) is 8.28. The molecular formula is C28H23N3O5S. The second kappa shape index (κ2) is 10.2. The molecule has 8 nitrogen and oxygen atoms in total. The lowest BCUT2D eigenvalue weighted by molar-refractivity contribution is -0.384. The van der Waals surface area contributed by atoms with Crippen molar-refractivity contribution in [2.45, 2.75) is 20.0 Å². The summed E-state index contributed by atoms with van der Waals surface area (Å²) in [5, 5.41) is 10.9. The number of imidazole rings is 1. The Morgan fingerprint density at radius 1 is 1.14 bits per heavy atom. The number of rotatable bonds is 9. The molecular weight excluding hydrogens is 490 g/mol. The van der Waals surface area contributed by atoms with Crippen LogP contribution in [0.5, 0.6) is 11.5 Å². The topological polar surface area (TPSA) is 96.0 Å². The Kier molecular flexibility index (Phi) is 6.70.